The zero-order valence-electron chi connectivity index (χ0n) is 15.7. The Kier molecular flexibility index (Phi) is 4.83. The monoisotopic (exact) mass is 381 g/mol. The van der Waals surface area contributed by atoms with E-state index >= 15 is 0 Å². The van der Waals surface area contributed by atoms with E-state index in [4.69, 9.17) is 11.6 Å². The summed E-state index contributed by atoms with van der Waals surface area (Å²) in [6, 6.07) is 13.8. The standard InChI is InChI=1S/C22H24ClN3O/c1-14-6-7-20-19(12-14)15(2)21(25-20)16-8-10-26(11-9-16)22(27)24-18-5-3-4-17(23)13-18/h3-7,12-13,16,25H,8-11H2,1-2H3,(H,24,27). The van der Waals surface area contributed by atoms with Crippen LogP contribution >= 0.6 is 11.6 Å². The van der Waals surface area contributed by atoms with Gasteiger partial charge in [0.15, 0.2) is 0 Å². The third-order valence-electron chi connectivity index (χ3n) is 5.52. The van der Waals surface area contributed by atoms with Crippen molar-refractivity contribution < 1.29 is 4.79 Å². The van der Waals surface area contributed by atoms with Crippen molar-refractivity contribution in [1.29, 1.82) is 0 Å². The molecule has 2 aromatic carbocycles. The van der Waals surface area contributed by atoms with Crippen LogP contribution in [0, 0.1) is 13.8 Å². The number of piperidine rings is 1. The van der Waals surface area contributed by atoms with Gasteiger partial charge >= 0.3 is 6.03 Å². The molecule has 1 aliphatic rings. The highest BCUT2D eigenvalue weighted by atomic mass is 35.5. The Bertz CT molecular complexity index is 986. The highest BCUT2D eigenvalue weighted by Gasteiger charge is 2.26. The normalized spacial score (nSPS) is 15.3. The Labute approximate surface area is 164 Å². The van der Waals surface area contributed by atoms with Crippen LogP contribution in [0.2, 0.25) is 5.02 Å². The minimum Gasteiger partial charge on any atom is -0.358 e. The summed E-state index contributed by atoms with van der Waals surface area (Å²) in [6.07, 6.45) is 1.94. The van der Waals surface area contributed by atoms with Crippen molar-refractivity contribution >= 4 is 34.2 Å². The summed E-state index contributed by atoms with van der Waals surface area (Å²) in [5.74, 6) is 0.466. The number of aromatic amines is 1. The third kappa shape index (κ3) is 3.67. The molecular formula is C22H24ClN3O. The van der Waals surface area contributed by atoms with Gasteiger partial charge in [0, 0.05) is 46.3 Å². The number of rotatable bonds is 2. The summed E-state index contributed by atoms with van der Waals surface area (Å²) in [6.45, 7) is 5.84. The molecule has 0 radical (unpaired) electrons. The van der Waals surface area contributed by atoms with Gasteiger partial charge in [0.1, 0.15) is 0 Å². The molecule has 0 bridgehead atoms. The van der Waals surface area contributed by atoms with Crippen molar-refractivity contribution in [3.8, 4) is 0 Å². The largest absolute Gasteiger partial charge is 0.358 e. The molecule has 4 nitrogen and oxygen atoms in total. The minimum absolute atomic E-state index is 0.0558. The van der Waals surface area contributed by atoms with Gasteiger partial charge < -0.3 is 15.2 Å². The first-order chi connectivity index (χ1) is 13.0. The number of halogens is 1. The maximum atomic E-state index is 12.5. The first-order valence-corrected chi connectivity index (χ1v) is 9.79. The Morgan fingerprint density at radius 1 is 1.15 bits per heavy atom. The summed E-state index contributed by atoms with van der Waals surface area (Å²) in [5.41, 5.74) is 5.88. The van der Waals surface area contributed by atoms with E-state index in [0.29, 0.717) is 10.9 Å². The van der Waals surface area contributed by atoms with Gasteiger partial charge in [-0.25, -0.2) is 4.79 Å². The molecule has 2 N–H and O–H groups in total. The summed E-state index contributed by atoms with van der Waals surface area (Å²) in [7, 11) is 0. The minimum atomic E-state index is -0.0558. The van der Waals surface area contributed by atoms with Crippen molar-refractivity contribution in [1.82, 2.24) is 9.88 Å². The van der Waals surface area contributed by atoms with Gasteiger partial charge in [-0.1, -0.05) is 29.3 Å². The molecular weight excluding hydrogens is 358 g/mol. The molecule has 5 heteroatoms. The number of fused-ring (bicyclic) bond motifs is 1. The van der Waals surface area contributed by atoms with Crippen LogP contribution in [0.5, 0.6) is 0 Å². The summed E-state index contributed by atoms with van der Waals surface area (Å²) in [4.78, 5) is 18.0. The average molecular weight is 382 g/mol. The molecule has 1 aliphatic heterocycles. The van der Waals surface area contributed by atoms with Gasteiger partial charge in [0.05, 0.1) is 0 Å². The SMILES string of the molecule is Cc1ccc2[nH]c(C3CCN(C(=O)Nc4cccc(Cl)c4)CC3)c(C)c2c1. The molecule has 3 aromatic rings. The molecule has 1 fully saturated rings. The highest BCUT2D eigenvalue weighted by molar-refractivity contribution is 6.30. The smallest absolute Gasteiger partial charge is 0.321 e. The van der Waals surface area contributed by atoms with E-state index in [1.165, 1.54) is 27.7 Å². The van der Waals surface area contributed by atoms with Crippen LogP contribution in [-0.4, -0.2) is 29.0 Å². The number of carbonyl (C=O) groups excluding carboxylic acids is 1. The Balaban J connectivity index is 1.43. The van der Waals surface area contributed by atoms with Crippen LogP contribution in [-0.2, 0) is 0 Å². The number of anilines is 1. The van der Waals surface area contributed by atoms with Crippen LogP contribution in [0.15, 0.2) is 42.5 Å². The second kappa shape index (κ2) is 7.28. The summed E-state index contributed by atoms with van der Waals surface area (Å²) < 4.78 is 0. The molecule has 0 unspecified atom stereocenters. The predicted octanol–water partition coefficient (Wildman–Crippen LogP) is 5.85. The number of amides is 2. The molecule has 27 heavy (non-hydrogen) atoms. The number of urea groups is 1. The fourth-order valence-corrected chi connectivity index (χ4v) is 4.20. The number of H-pyrrole nitrogens is 1. The number of benzene rings is 2. The van der Waals surface area contributed by atoms with Crippen molar-refractivity contribution in [3.05, 3.63) is 64.3 Å². The van der Waals surface area contributed by atoms with Gasteiger partial charge in [0.2, 0.25) is 0 Å². The van der Waals surface area contributed by atoms with E-state index in [-0.39, 0.29) is 6.03 Å². The number of hydrogen-bond acceptors (Lipinski definition) is 1. The highest BCUT2D eigenvalue weighted by Crippen LogP contribution is 2.34. The number of aryl methyl sites for hydroxylation is 2. The van der Waals surface area contributed by atoms with E-state index in [2.05, 4.69) is 42.3 Å². The Morgan fingerprint density at radius 2 is 1.93 bits per heavy atom. The number of likely N-dealkylation sites (tertiary alicyclic amines) is 1. The van der Waals surface area contributed by atoms with E-state index < -0.39 is 0 Å². The molecule has 140 valence electrons. The lowest BCUT2D eigenvalue weighted by molar-refractivity contribution is 0.194. The van der Waals surface area contributed by atoms with Gasteiger partial charge in [0.25, 0.3) is 0 Å². The Morgan fingerprint density at radius 3 is 2.67 bits per heavy atom. The van der Waals surface area contributed by atoms with Crippen molar-refractivity contribution in [3.63, 3.8) is 0 Å². The molecule has 1 saturated heterocycles. The fraction of sp³-hybridized carbons (Fsp3) is 0.318. The van der Waals surface area contributed by atoms with E-state index in [1.807, 2.05) is 17.0 Å². The summed E-state index contributed by atoms with van der Waals surface area (Å²) >= 11 is 5.99. The van der Waals surface area contributed by atoms with Gasteiger partial charge in [-0.15, -0.1) is 0 Å². The lowest BCUT2D eigenvalue weighted by Crippen LogP contribution is -2.40. The maximum absolute atomic E-state index is 12.5. The van der Waals surface area contributed by atoms with Gasteiger partial charge in [-0.2, -0.15) is 0 Å². The first kappa shape index (κ1) is 17.9. The zero-order chi connectivity index (χ0) is 19.0. The number of nitrogens with zero attached hydrogens (tertiary/aromatic N) is 1. The van der Waals surface area contributed by atoms with Crippen LogP contribution in [0.25, 0.3) is 10.9 Å². The quantitative estimate of drug-likeness (QED) is 0.574. The molecule has 0 atom stereocenters. The van der Waals surface area contributed by atoms with Gasteiger partial charge in [-0.3, -0.25) is 0 Å². The first-order valence-electron chi connectivity index (χ1n) is 9.41. The average Bonchev–Trinajstić information content (AvgIpc) is 2.98. The van der Waals surface area contributed by atoms with Crippen LogP contribution < -0.4 is 5.32 Å². The number of aromatic nitrogens is 1. The molecule has 0 spiro atoms. The van der Waals surface area contributed by atoms with E-state index in [1.54, 1.807) is 12.1 Å². The van der Waals surface area contributed by atoms with Crippen molar-refractivity contribution in [2.45, 2.75) is 32.6 Å². The van der Waals surface area contributed by atoms with E-state index in [0.717, 1.165) is 31.6 Å². The molecule has 4 rings (SSSR count). The number of carbonyl (C=O) groups is 1. The lowest BCUT2D eigenvalue weighted by atomic mass is 9.91. The van der Waals surface area contributed by atoms with Gasteiger partial charge in [-0.05, 0) is 62.6 Å². The van der Waals surface area contributed by atoms with Crippen molar-refractivity contribution in [2.75, 3.05) is 18.4 Å². The Hall–Kier alpha value is -2.46. The number of nitrogens with one attached hydrogen (secondary N) is 2. The fourth-order valence-electron chi connectivity index (χ4n) is 4.01. The lowest BCUT2D eigenvalue weighted by Gasteiger charge is -2.32. The van der Waals surface area contributed by atoms with Crippen LogP contribution in [0.3, 0.4) is 0 Å². The molecule has 0 saturated carbocycles. The molecule has 2 heterocycles. The second-order valence-electron chi connectivity index (χ2n) is 7.41. The molecule has 2 amide bonds. The van der Waals surface area contributed by atoms with Crippen molar-refractivity contribution in [2.24, 2.45) is 0 Å². The van der Waals surface area contributed by atoms with Crippen LogP contribution in [0.1, 0.15) is 35.6 Å². The third-order valence-corrected chi connectivity index (χ3v) is 5.75. The molecule has 1 aromatic heterocycles. The molecule has 0 aliphatic carbocycles. The zero-order valence-corrected chi connectivity index (χ0v) is 16.4. The predicted molar refractivity (Wildman–Crippen MR) is 112 cm³/mol. The maximum Gasteiger partial charge on any atom is 0.321 e. The topological polar surface area (TPSA) is 48.1 Å². The number of hydrogen-bond donors (Lipinski definition) is 2. The van der Waals surface area contributed by atoms with E-state index in [9.17, 15) is 4.79 Å². The summed E-state index contributed by atoms with van der Waals surface area (Å²) in [5, 5.41) is 4.87. The van der Waals surface area contributed by atoms with Crippen LogP contribution in [0.4, 0.5) is 10.5 Å². The second-order valence-corrected chi connectivity index (χ2v) is 7.85.